The molecule has 0 aromatic heterocycles. The molecule has 1 fully saturated rings. The number of ether oxygens (including phenoxy) is 1. The van der Waals surface area contributed by atoms with Crippen LogP contribution in [0, 0.1) is 0 Å². The molecule has 0 radical (unpaired) electrons. The van der Waals surface area contributed by atoms with Gasteiger partial charge in [-0.1, -0.05) is 51.8 Å². The van der Waals surface area contributed by atoms with Crippen molar-refractivity contribution in [3.63, 3.8) is 0 Å². The number of alkyl halides is 3. The van der Waals surface area contributed by atoms with Gasteiger partial charge in [0.1, 0.15) is 12.1 Å². The Balaban J connectivity index is 1.92. The fourth-order valence-corrected chi connectivity index (χ4v) is 6.38. The Morgan fingerprint density at radius 2 is 1.74 bits per heavy atom. The fraction of sp³-hybridized carbons (Fsp3) is 0.370. The van der Waals surface area contributed by atoms with Crippen LogP contribution >= 0.6 is 27.5 Å². The lowest BCUT2D eigenvalue weighted by Gasteiger charge is -2.35. The third-order valence-corrected chi connectivity index (χ3v) is 9.30. The zero-order chi connectivity index (χ0) is 31.3. The van der Waals surface area contributed by atoms with E-state index in [0.717, 1.165) is 12.5 Å². The average molecular weight is 691 g/mol. The molecule has 1 unspecified atom stereocenters. The van der Waals surface area contributed by atoms with Crippen LogP contribution in [0.2, 0.25) is 5.02 Å². The molecule has 1 saturated heterocycles. The highest BCUT2D eigenvalue weighted by Crippen LogP contribution is 2.44. The molecule has 0 amide bonds. The lowest BCUT2D eigenvalue weighted by molar-refractivity contribution is -0.303. The van der Waals surface area contributed by atoms with Crippen molar-refractivity contribution in [2.45, 2.75) is 56.2 Å². The van der Waals surface area contributed by atoms with Crippen molar-refractivity contribution in [2.24, 2.45) is 4.40 Å². The molecule has 8 nitrogen and oxygen atoms in total. The first-order chi connectivity index (χ1) is 19.3. The van der Waals surface area contributed by atoms with Crippen LogP contribution in [0.15, 0.2) is 74.3 Å². The lowest BCUT2D eigenvalue weighted by atomic mass is 9.79. The molecule has 2 aromatic rings. The summed E-state index contributed by atoms with van der Waals surface area (Å²) in [5.41, 5.74) is -0.588. The van der Waals surface area contributed by atoms with Crippen LogP contribution in [0.4, 0.5) is 18.9 Å². The minimum absolute atomic E-state index is 0.185. The van der Waals surface area contributed by atoms with Crippen molar-refractivity contribution < 1.29 is 35.6 Å². The standard InChI is InChI=1S/C27H29BBrClF3N3O5S/c1-25(2)26(3,4)41-28(40-25)20-12-11-17(13-23(20)42(37,38)34-16-35(5)6)36-15-18(39-27(31,32)33)14-21(29)24(36)19-9-7-8-10-22(19)30/h7-16,24H,1-6H3. The summed E-state index contributed by atoms with van der Waals surface area (Å²) in [6.07, 6.45) is -1.50. The Labute approximate surface area is 257 Å². The van der Waals surface area contributed by atoms with Gasteiger partial charge >= 0.3 is 13.5 Å². The van der Waals surface area contributed by atoms with Crippen molar-refractivity contribution >= 4 is 62.2 Å². The predicted octanol–water partition coefficient (Wildman–Crippen LogP) is 6.14. The maximum absolute atomic E-state index is 13.6. The first kappa shape index (κ1) is 32.4. The number of nitrogens with zero attached hydrogens (tertiary/aromatic N) is 3. The summed E-state index contributed by atoms with van der Waals surface area (Å²) in [5.74, 6) is -0.525. The highest BCUT2D eigenvalue weighted by Gasteiger charge is 2.53. The van der Waals surface area contributed by atoms with Gasteiger partial charge in [0.2, 0.25) is 0 Å². The smallest absolute Gasteiger partial charge is 0.404 e. The summed E-state index contributed by atoms with van der Waals surface area (Å²) in [5, 5.41) is 0.351. The zero-order valence-electron chi connectivity index (χ0n) is 23.6. The normalized spacial score (nSPS) is 20.5. The number of hydrogen-bond donors (Lipinski definition) is 0. The van der Waals surface area contributed by atoms with Crippen LogP contribution in [0.3, 0.4) is 0 Å². The molecular weight excluding hydrogens is 662 g/mol. The summed E-state index contributed by atoms with van der Waals surface area (Å²) in [6, 6.07) is 10.4. The summed E-state index contributed by atoms with van der Waals surface area (Å²) in [7, 11) is -2.18. The number of halogens is 5. The fourth-order valence-electron chi connectivity index (χ4n) is 4.29. The number of sulfonamides is 1. The zero-order valence-corrected chi connectivity index (χ0v) is 26.8. The Morgan fingerprint density at radius 3 is 2.31 bits per heavy atom. The van der Waals surface area contributed by atoms with Gasteiger partial charge in [-0.3, -0.25) is 0 Å². The van der Waals surface area contributed by atoms with Crippen LogP contribution in [0.5, 0.6) is 0 Å². The van der Waals surface area contributed by atoms with Crippen molar-refractivity contribution in [2.75, 3.05) is 19.0 Å². The molecule has 2 heterocycles. The van der Waals surface area contributed by atoms with Gasteiger partial charge in [0.05, 0.1) is 22.1 Å². The van der Waals surface area contributed by atoms with Crippen molar-refractivity contribution in [3.05, 3.63) is 75.6 Å². The second-order valence-electron chi connectivity index (χ2n) is 10.9. The monoisotopic (exact) mass is 689 g/mol. The molecule has 1 atom stereocenters. The Kier molecular flexibility index (Phi) is 8.89. The molecule has 15 heteroatoms. The van der Waals surface area contributed by atoms with E-state index >= 15 is 0 Å². The molecule has 0 saturated carbocycles. The molecule has 0 N–H and O–H groups in total. The molecule has 0 aliphatic carbocycles. The van der Waals surface area contributed by atoms with E-state index in [0.29, 0.717) is 15.1 Å². The van der Waals surface area contributed by atoms with Gasteiger partial charge in [-0.2, -0.15) is 8.42 Å². The number of hydrogen-bond acceptors (Lipinski definition) is 6. The van der Waals surface area contributed by atoms with Gasteiger partial charge < -0.3 is 23.8 Å². The lowest BCUT2D eigenvalue weighted by Crippen LogP contribution is -2.41. The summed E-state index contributed by atoms with van der Waals surface area (Å²) in [4.78, 5) is 2.65. The van der Waals surface area contributed by atoms with Crippen molar-refractivity contribution in [3.8, 4) is 0 Å². The van der Waals surface area contributed by atoms with Crippen LogP contribution in [0.25, 0.3) is 0 Å². The first-order valence-electron chi connectivity index (χ1n) is 12.7. The highest BCUT2D eigenvalue weighted by molar-refractivity contribution is 9.11. The van der Waals surface area contributed by atoms with Crippen molar-refractivity contribution in [1.29, 1.82) is 0 Å². The van der Waals surface area contributed by atoms with Gasteiger partial charge in [-0.05, 0) is 57.5 Å². The van der Waals surface area contributed by atoms with E-state index in [2.05, 4.69) is 25.1 Å². The van der Waals surface area contributed by atoms with Gasteiger partial charge in [0.15, 0.2) is 0 Å². The molecular formula is C27H29BBrClF3N3O5S. The number of benzene rings is 2. The van der Waals surface area contributed by atoms with E-state index in [-0.39, 0.29) is 16.0 Å². The average Bonchev–Trinajstić information content (AvgIpc) is 3.08. The maximum Gasteiger partial charge on any atom is 0.573 e. The largest absolute Gasteiger partial charge is 0.573 e. The Hall–Kier alpha value is -2.52. The Morgan fingerprint density at radius 1 is 1.12 bits per heavy atom. The molecule has 4 rings (SSSR count). The van der Waals surface area contributed by atoms with Crippen LogP contribution < -0.4 is 10.4 Å². The third-order valence-electron chi connectivity index (χ3n) is 7.02. The summed E-state index contributed by atoms with van der Waals surface area (Å²) in [6.45, 7) is 7.33. The van der Waals surface area contributed by atoms with Gasteiger partial charge in [0.25, 0.3) is 10.0 Å². The van der Waals surface area contributed by atoms with Gasteiger partial charge in [0, 0.05) is 41.0 Å². The second-order valence-corrected chi connectivity index (χ2v) is 13.8. The topological polar surface area (TPSA) is 80.7 Å². The minimum atomic E-state index is -4.96. The summed E-state index contributed by atoms with van der Waals surface area (Å²) >= 11 is 9.89. The number of rotatable bonds is 7. The predicted molar refractivity (Wildman–Crippen MR) is 160 cm³/mol. The third kappa shape index (κ3) is 6.83. The molecule has 0 spiro atoms. The van der Waals surface area contributed by atoms with E-state index in [1.54, 1.807) is 44.4 Å². The summed E-state index contributed by atoms with van der Waals surface area (Å²) < 4.78 is 87.5. The molecule has 0 bridgehead atoms. The number of allylic oxidation sites excluding steroid dienone is 1. The van der Waals surface area contributed by atoms with E-state index < -0.39 is 46.5 Å². The minimum Gasteiger partial charge on any atom is -0.404 e. The first-order valence-corrected chi connectivity index (χ1v) is 15.3. The van der Waals surface area contributed by atoms with Gasteiger partial charge in [-0.25, -0.2) is 0 Å². The number of anilines is 1. The van der Waals surface area contributed by atoms with Crippen molar-refractivity contribution in [1.82, 2.24) is 4.90 Å². The second kappa shape index (κ2) is 11.5. The van der Waals surface area contributed by atoms with Crippen LogP contribution in [-0.2, 0) is 24.1 Å². The van der Waals surface area contributed by atoms with Crippen LogP contribution in [0.1, 0.15) is 39.3 Å². The van der Waals surface area contributed by atoms with E-state index in [1.165, 1.54) is 28.0 Å². The molecule has 2 aliphatic rings. The SMILES string of the molecule is CN(C)C=NS(=O)(=O)c1cc(N2C=C(OC(F)(F)F)C=C(Br)C2c2ccccc2Cl)ccc1B1OC(C)(C)C(C)(C)O1. The Bertz CT molecular complexity index is 1550. The molecule has 42 heavy (non-hydrogen) atoms. The van der Waals surface area contributed by atoms with E-state index in [1.807, 2.05) is 27.7 Å². The highest BCUT2D eigenvalue weighted by atomic mass is 79.9. The van der Waals surface area contributed by atoms with E-state index in [4.69, 9.17) is 20.9 Å². The van der Waals surface area contributed by atoms with Crippen LogP contribution in [-0.4, -0.2) is 58.4 Å². The maximum atomic E-state index is 13.6. The molecule has 226 valence electrons. The van der Waals surface area contributed by atoms with E-state index in [9.17, 15) is 21.6 Å². The molecule has 2 aromatic carbocycles. The molecule has 2 aliphatic heterocycles. The van der Waals surface area contributed by atoms with Gasteiger partial charge in [-0.15, -0.1) is 17.6 Å². The quantitative estimate of drug-likeness (QED) is 0.196.